The molecule has 7 aliphatic rings. The predicted molar refractivity (Wildman–Crippen MR) is 147 cm³/mol. The third kappa shape index (κ3) is 4.67. The van der Waals surface area contributed by atoms with Gasteiger partial charge in [0.25, 0.3) is 0 Å². The van der Waals surface area contributed by atoms with E-state index in [9.17, 15) is 15.3 Å². The fraction of sp³-hybridized carbons (Fsp3) is 0.706. The van der Waals surface area contributed by atoms with Crippen LogP contribution in [-0.2, 0) is 0 Å². The van der Waals surface area contributed by atoms with E-state index in [2.05, 4.69) is 49.3 Å². The second-order valence-electron chi connectivity index (χ2n) is 13.8. The normalized spacial score (nSPS) is 46.1. The second-order valence-corrected chi connectivity index (χ2v) is 13.8. The predicted octanol–water partition coefficient (Wildman–Crippen LogP) is 5.71. The lowest BCUT2D eigenvalue weighted by Crippen LogP contribution is -2.51. The molecule has 0 amide bonds. The van der Waals surface area contributed by atoms with Gasteiger partial charge in [0.2, 0.25) is 0 Å². The first-order chi connectivity index (χ1) is 17.8. The van der Waals surface area contributed by atoms with Gasteiger partial charge in [-0.2, -0.15) is 0 Å². The van der Waals surface area contributed by atoms with Crippen molar-refractivity contribution in [3.05, 3.63) is 35.5 Å². The maximum absolute atomic E-state index is 11.1. The molecule has 3 nitrogen and oxygen atoms in total. The Morgan fingerprint density at radius 1 is 0.946 bits per heavy atom. The molecule has 4 bridgehead atoms. The van der Waals surface area contributed by atoms with Gasteiger partial charge in [0.05, 0.1) is 12.2 Å². The zero-order chi connectivity index (χ0) is 25.8. The summed E-state index contributed by atoms with van der Waals surface area (Å²) in [5.74, 6) is 16.4. The Morgan fingerprint density at radius 2 is 1.59 bits per heavy atom. The van der Waals surface area contributed by atoms with E-state index in [-0.39, 0.29) is 10.8 Å². The van der Waals surface area contributed by atoms with E-state index in [0.717, 1.165) is 42.6 Å². The molecular formula is C34H44O3. The van der Waals surface area contributed by atoms with Crippen molar-refractivity contribution in [2.24, 2.45) is 40.4 Å². The Kier molecular flexibility index (Phi) is 6.72. The first-order valence-electron chi connectivity index (χ1n) is 14.9. The average molecular weight is 501 g/mol. The van der Waals surface area contributed by atoms with Crippen molar-refractivity contribution in [1.29, 1.82) is 0 Å². The minimum absolute atomic E-state index is 0.0447. The Hall–Kier alpha value is -1.78. The summed E-state index contributed by atoms with van der Waals surface area (Å²) in [5.41, 5.74) is 3.37. The smallest absolute Gasteiger partial charge is 0.121 e. The number of fused-ring (bicyclic) bond motifs is 1. The Balaban J connectivity index is 1.13. The molecule has 7 rings (SSSR count). The van der Waals surface area contributed by atoms with Crippen LogP contribution in [0.25, 0.3) is 0 Å². The number of hydrogen-bond donors (Lipinski definition) is 3. The first-order valence-corrected chi connectivity index (χ1v) is 14.9. The number of aliphatic hydroxyl groups excluding tert-OH is 3. The van der Waals surface area contributed by atoms with Gasteiger partial charge in [0.15, 0.2) is 0 Å². The minimum atomic E-state index is -0.640. The number of aliphatic hydroxyl groups is 3. The van der Waals surface area contributed by atoms with E-state index in [4.69, 9.17) is 0 Å². The largest absolute Gasteiger partial charge is 0.388 e. The van der Waals surface area contributed by atoms with Crippen LogP contribution >= 0.6 is 0 Å². The topological polar surface area (TPSA) is 60.7 Å². The lowest BCUT2D eigenvalue weighted by Gasteiger charge is -2.57. The van der Waals surface area contributed by atoms with E-state index in [1.807, 2.05) is 0 Å². The maximum atomic E-state index is 11.1. The third-order valence-corrected chi connectivity index (χ3v) is 11.4. The fourth-order valence-corrected chi connectivity index (χ4v) is 9.80. The van der Waals surface area contributed by atoms with Crippen LogP contribution in [0.2, 0.25) is 0 Å². The molecule has 0 saturated heterocycles. The molecule has 0 aromatic heterocycles. The van der Waals surface area contributed by atoms with Crippen LogP contribution in [0, 0.1) is 64.1 Å². The molecule has 6 atom stereocenters. The lowest BCUT2D eigenvalue weighted by molar-refractivity contribution is -0.101. The van der Waals surface area contributed by atoms with Crippen molar-refractivity contribution in [1.82, 2.24) is 0 Å². The summed E-state index contributed by atoms with van der Waals surface area (Å²) < 4.78 is 0. The molecule has 0 spiro atoms. The average Bonchev–Trinajstić information content (AvgIpc) is 3.19. The number of allylic oxidation sites excluding steroid dienone is 3. The van der Waals surface area contributed by atoms with Gasteiger partial charge >= 0.3 is 0 Å². The van der Waals surface area contributed by atoms with Gasteiger partial charge in [-0.05, 0) is 130 Å². The van der Waals surface area contributed by atoms with Crippen molar-refractivity contribution < 1.29 is 15.3 Å². The summed E-state index contributed by atoms with van der Waals surface area (Å²) >= 11 is 0. The molecule has 0 radical (unpaired) electrons. The molecule has 3 heteroatoms. The van der Waals surface area contributed by atoms with E-state index >= 15 is 0 Å². The van der Waals surface area contributed by atoms with Gasteiger partial charge in [0, 0.05) is 11.3 Å². The van der Waals surface area contributed by atoms with Crippen LogP contribution in [0.3, 0.4) is 0 Å². The van der Waals surface area contributed by atoms with Crippen molar-refractivity contribution in [3.8, 4) is 23.7 Å². The van der Waals surface area contributed by atoms with E-state index in [1.165, 1.54) is 56.9 Å². The molecule has 7 saturated carbocycles. The lowest BCUT2D eigenvalue weighted by atomic mass is 9.48. The summed E-state index contributed by atoms with van der Waals surface area (Å²) in [7, 11) is 0. The Labute approximate surface area is 223 Å². The van der Waals surface area contributed by atoms with Gasteiger partial charge in [-0.1, -0.05) is 48.6 Å². The highest BCUT2D eigenvalue weighted by Crippen LogP contribution is 2.61. The van der Waals surface area contributed by atoms with Crippen LogP contribution in [0.1, 0.15) is 90.4 Å². The van der Waals surface area contributed by atoms with Crippen LogP contribution in [0.4, 0.5) is 0 Å². The van der Waals surface area contributed by atoms with Crippen molar-refractivity contribution in [3.63, 3.8) is 0 Å². The molecule has 0 aromatic rings. The van der Waals surface area contributed by atoms with E-state index in [0.29, 0.717) is 30.3 Å². The summed E-state index contributed by atoms with van der Waals surface area (Å²) in [4.78, 5) is 0. The van der Waals surface area contributed by atoms with Gasteiger partial charge in [-0.25, -0.2) is 0 Å². The summed E-state index contributed by atoms with van der Waals surface area (Å²) in [6, 6.07) is 0. The molecule has 7 fully saturated rings. The van der Waals surface area contributed by atoms with Crippen LogP contribution in [-0.4, -0.2) is 33.6 Å². The SMILES string of the molecule is C=C1[C@H](O)CC(=C/C=C2\CCC[C@@]3(C)C2CC[C@@H]3C#CC#C[C@@H](O)C23CC4CC(CC(C4)C2)C3)C[C@H]1O. The maximum Gasteiger partial charge on any atom is 0.121 e. The molecule has 0 aliphatic heterocycles. The molecule has 1 unspecified atom stereocenters. The summed E-state index contributed by atoms with van der Waals surface area (Å²) in [6.07, 6.45) is 17.2. The molecule has 37 heavy (non-hydrogen) atoms. The highest BCUT2D eigenvalue weighted by atomic mass is 16.3. The van der Waals surface area contributed by atoms with Crippen molar-refractivity contribution >= 4 is 0 Å². The summed E-state index contributed by atoms with van der Waals surface area (Å²) in [5, 5.41) is 31.5. The second kappa shape index (κ2) is 9.75. The highest BCUT2D eigenvalue weighted by Gasteiger charge is 2.54. The van der Waals surface area contributed by atoms with Crippen molar-refractivity contribution in [2.75, 3.05) is 0 Å². The molecule has 198 valence electrons. The number of rotatable bonds is 2. The fourth-order valence-electron chi connectivity index (χ4n) is 9.80. The number of hydrogen-bond acceptors (Lipinski definition) is 3. The van der Waals surface area contributed by atoms with Crippen LogP contribution in [0.5, 0.6) is 0 Å². The molecule has 0 aromatic carbocycles. The van der Waals surface area contributed by atoms with E-state index in [1.54, 1.807) is 0 Å². The molecule has 3 N–H and O–H groups in total. The Morgan fingerprint density at radius 3 is 2.24 bits per heavy atom. The van der Waals surface area contributed by atoms with Crippen molar-refractivity contribution in [2.45, 2.75) is 109 Å². The molecule has 0 heterocycles. The van der Waals surface area contributed by atoms with Crippen LogP contribution < -0.4 is 0 Å². The summed E-state index contributed by atoms with van der Waals surface area (Å²) in [6.45, 7) is 6.24. The quantitative estimate of drug-likeness (QED) is 0.336. The van der Waals surface area contributed by atoms with E-state index < -0.39 is 18.3 Å². The molecule has 7 aliphatic carbocycles. The standard InChI is InChI=1S/C34H44O3/c1-22-30(35)17-23(18-31(22)36)9-10-27-6-5-13-33(2)28(11-12-29(27)33)7-3-4-8-32(37)34-19-24-14-25(20-34)16-26(15-24)21-34/h9-10,24-26,28-32,35-37H,1,5-6,11-21H2,2H3/b27-10+/t24?,25?,26?,28-,29?,30+,31+,32+,33+,34?/m0/s1. The highest BCUT2D eigenvalue weighted by molar-refractivity contribution is 5.34. The Bertz CT molecular complexity index is 1070. The van der Waals surface area contributed by atoms with Gasteiger partial charge in [-0.15, -0.1) is 0 Å². The zero-order valence-corrected chi connectivity index (χ0v) is 22.5. The minimum Gasteiger partial charge on any atom is -0.388 e. The molecular weight excluding hydrogens is 456 g/mol. The van der Waals surface area contributed by atoms with Gasteiger partial charge in [-0.3, -0.25) is 0 Å². The first kappa shape index (κ1) is 25.5. The van der Waals surface area contributed by atoms with Gasteiger partial charge in [0.1, 0.15) is 6.10 Å². The van der Waals surface area contributed by atoms with Gasteiger partial charge < -0.3 is 15.3 Å². The van der Waals surface area contributed by atoms with Crippen LogP contribution in [0.15, 0.2) is 35.5 Å². The third-order valence-electron chi connectivity index (χ3n) is 11.4. The zero-order valence-electron chi connectivity index (χ0n) is 22.5. The monoisotopic (exact) mass is 500 g/mol.